The summed E-state index contributed by atoms with van der Waals surface area (Å²) >= 11 is 1.28. The predicted octanol–water partition coefficient (Wildman–Crippen LogP) is 7.01. The first kappa shape index (κ1) is 47.4. The van der Waals surface area contributed by atoms with Gasteiger partial charge in [0.2, 0.25) is 11.8 Å². The highest BCUT2D eigenvalue weighted by molar-refractivity contribution is 7.22. The van der Waals surface area contributed by atoms with Gasteiger partial charge in [-0.2, -0.15) is 0 Å². The molecule has 0 aliphatic heterocycles. The molecule has 16 heteroatoms. The van der Waals surface area contributed by atoms with E-state index in [1.165, 1.54) is 16.3 Å². The average molecular weight is 848 g/mol. The van der Waals surface area contributed by atoms with Crippen LogP contribution in [0.1, 0.15) is 79.0 Å². The fourth-order valence-corrected chi connectivity index (χ4v) is 7.05. The number of hydrogen-bond acceptors (Lipinski definition) is 11. The second-order valence-electron chi connectivity index (χ2n) is 16.2. The third-order valence-electron chi connectivity index (χ3n) is 8.67. The minimum absolute atomic E-state index is 0.0668. The van der Waals surface area contributed by atoms with E-state index in [1.54, 1.807) is 32.7 Å². The molecule has 326 valence electrons. The Morgan fingerprint density at radius 3 is 2.12 bits per heavy atom. The van der Waals surface area contributed by atoms with Gasteiger partial charge in [-0.15, -0.1) is 0 Å². The number of thiazole rings is 1. The molecule has 2 atom stereocenters. The van der Waals surface area contributed by atoms with E-state index in [0.717, 1.165) is 15.8 Å². The van der Waals surface area contributed by atoms with Crippen molar-refractivity contribution in [1.82, 2.24) is 31.0 Å². The lowest BCUT2D eigenvalue weighted by atomic mass is 10.0. The molecule has 4 aromatic rings. The first-order valence-corrected chi connectivity index (χ1v) is 20.9. The van der Waals surface area contributed by atoms with Crippen molar-refractivity contribution in [2.75, 3.05) is 32.1 Å². The lowest BCUT2D eigenvalue weighted by Gasteiger charge is -2.36. The van der Waals surface area contributed by atoms with Gasteiger partial charge in [0, 0.05) is 39.8 Å². The van der Waals surface area contributed by atoms with Crippen LogP contribution in [0, 0.1) is 0 Å². The number of aromatic nitrogens is 1. The van der Waals surface area contributed by atoms with E-state index in [1.807, 2.05) is 114 Å². The van der Waals surface area contributed by atoms with Crippen LogP contribution in [0.3, 0.4) is 0 Å². The topological polar surface area (TPSA) is 173 Å². The molecule has 15 nitrogen and oxygen atoms in total. The van der Waals surface area contributed by atoms with Gasteiger partial charge in [0.15, 0.2) is 11.4 Å². The Morgan fingerprint density at radius 1 is 0.833 bits per heavy atom. The molecular weight excluding hydrogens is 787 g/mol. The van der Waals surface area contributed by atoms with Crippen molar-refractivity contribution >= 4 is 50.6 Å². The van der Waals surface area contributed by atoms with Crippen molar-refractivity contribution in [1.29, 1.82) is 0 Å². The van der Waals surface area contributed by atoms with Gasteiger partial charge in [-0.05, 0) is 97.2 Å². The van der Waals surface area contributed by atoms with Crippen LogP contribution in [-0.4, -0.2) is 95.2 Å². The highest BCUT2D eigenvalue weighted by Crippen LogP contribution is 2.30. The highest BCUT2D eigenvalue weighted by atomic mass is 32.1. The summed E-state index contributed by atoms with van der Waals surface area (Å²) < 4.78 is 24.3. The number of urea groups is 1. The molecule has 0 saturated carbocycles. The summed E-state index contributed by atoms with van der Waals surface area (Å²) in [6.07, 6.45) is -1.29. The molecule has 1 aromatic heterocycles. The van der Waals surface area contributed by atoms with Gasteiger partial charge in [-0.1, -0.05) is 65.9 Å². The number of rotatable bonds is 19. The van der Waals surface area contributed by atoms with Gasteiger partial charge < -0.3 is 34.5 Å². The van der Waals surface area contributed by atoms with Gasteiger partial charge in [0.1, 0.15) is 23.0 Å². The summed E-state index contributed by atoms with van der Waals surface area (Å²) in [5, 5.41) is 10.1. The second kappa shape index (κ2) is 21.8. The van der Waals surface area contributed by atoms with Crippen LogP contribution in [0.2, 0.25) is 0 Å². The van der Waals surface area contributed by atoms with E-state index in [9.17, 15) is 14.4 Å². The van der Waals surface area contributed by atoms with Crippen LogP contribution in [0.5, 0.6) is 5.75 Å². The smallest absolute Gasteiger partial charge is 0.413 e. The summed E-state index contributed by atoms with van der Waals surface area (Å²) in [6.45, 7) is 17.5. The molecule has 0 bridgehead atoms. The SMILES string of the molecule is CCOC(OCC)[C@H](C)N(Cc1cccc2sc(NC(=O)OC(C)(C)C)nc12)C(=O)[C@H](Cc1ccc(OC(C)(C)C)cc1)NC(=O)CN(C)NC(=O)NCc1ccccc1. The second-order valence-corrected chi connectivity index (χ2v) is 17.2. The largest absolute Gasteiger partial charge is 0.488 e. The number of ether oxygens (including phenoxy) is 4. The number of likely N-dealkylation sites (N-methyl/N-ethyl adjacent to an activating group) is 1. The number of hydrazine groups is 1. The minimum Gasteiger partial charge on any atom is -0.488 e. The molecule has 0 fully saturated rings. The Kier molecular flexibility index (Phi) is 17.2. The monoisotopic (exact) mass is 847 g/mol. The van der Waals surface area contributed by atoms with Crippen LogP contribution < -0.4 is 26.1 Å². The third-order valence-corrected chi connectivity index (χ3v) is 9.61. The maximum Gasteiger partial charge on any atom is 0.413 e. The third kappa shape index (κ3) is 15.4. The molecule has 0 spiro atoms. The van der Waals surface area contributed by atoms with Crippen molar-refractivity contribution < 1.29 is 38.1 Å². The van der Waals surface area contributed by atoms with Crippen LogP contribution in [0.4, 0.5) is 14.7 Å². The van der Waals surface area contributed by atoms with Gasteiger partial charge in [0.05, 0.1) is 22.8 Å². The van der Waals surface area contributed by atoms with E-state index in [0.29, 0.717) is 41.7 Å². The van der Waals surface area contributed by atoms with Gasteiger partial charge >= 0.3 is 12.1 Å². The van der Waals surface area contributed by atoms with Crippen LogP contribution >= 0.6 is 11.3 Å². The lowest BCUT2D eigenvalue weighted by Crippen LogP contribution is -2.56. The molecule has 0 radical (unpaired) electrons. The van der Waals surface area contributed by atoms with Crippen molar-refractivity contribution in [3.05, 3.63) is 89.5 Å². The number of anilines is 1. The van der Waals surface area contributed by atoms with Crippen LogP contribution in [-0.2, 0) is 43.3 Å². The van der Waals surface area contributed by atoms with Gasteiger partial charge in [-0.25, -0.2) is 19.6 Å². The fourth-order valence-electron chi connectivity index (χ4n) is 6.15. The number of nitrogens with zero attached hydrogens (tertiary/aromatic N) is 3. The van der Waals surface area contributed by atoms with E-state index >= 15 is 4.79 Å². The molecule has 4 N–H and O–H groups in total. The Morgan fingerprint density at radius 2 is 1.50 bits per heavy atom. The number of fused-ring (bicyclic) bond motifs is 1. The zero-order valence-electron chi connectivity index (χ0n) is 36.4. The molecule has 60 heavy (non-hydrogen) atoms. The Labute approximate surface area is 357 Å². The number of carbonyl (C=O) groups is 4. The summed E-state index contributed by atoms with van der Waals surface area (Å²) in [6, 6.07) is 20.3. The quantitative estimate of drug-likeness (QED) is 0.0568. The number of hydrogen-bond donors (Lipinski definition) is 4. The number of benzene rings is 3. The summed E-state index contributed by atoms with van der Waals surface area (Å²) in [7, 11) is 1.57. The first-order chi connectivity index (χ1) is 28.3. The van der Waals surface area contributed by atoms with E-state index in [4.69, 9.17) is 23.9 Å². The molecule has 0 unspecified atom stereocenters. The number of para-hydroxylation sites is 1. The normalized spacial score (nSPS) is 12.8. The van der Waals surface area contributed by atoms with Crippen molar-refractivity contribution in [2.24, 2.45) is 0 Å². The number of carbonyl (C=O) groups excluding carboxylic acids is 4. The standard InChI is InChI=1S/C44H61N7O8S/c1-11-56-39(57-12-2)29(3)51(27-32-19-16-20-35-37(32)47-41(60-35)48-42(55)59-44(7,8)9)38(53)34(25-30-21-23-33(24-22-30)58-43(4,5)6)46-36(52)28-50(10)49-40(54)45-26-31-17-14-13-15-18-31/h13-24,29,34,39H,11-12,25-28H2,1-10H3,(H,46,52)(H2,45,49,54)(H,47,48,55)/t29-,34-/m0/s1. The molecule has 0 aliphatic rings. The number of nitrogens with one attached hydrogen (secondary N) is 4. The summed E-state index contributed by atoms with van der Waals surface area (Å²) in [4.78, 5) is 60.5. The van der Waals surface area contributed by atoms with Crippen LogP contribution in [0.25, 0.3) is 10.2 Å². The summed E-state index contributed by atoms with van der Waals surface area (Å²) in [5.74, 6) is -0.226. The lowest BCUT2D eigenvalue weighted by molar-refractivity contribution is -0.179. The van der Waals surface area contributed by atoms with Gasteiger partial charge in [-0.3, -0.25) is 20.3 Å². The Balaban J connectivity index is 1.64. The molecule has 3 aromatic carbocycles. The van der Waals surface area contributed by atoms with Crippen molar-refractivity contribution in [3.63, 3.8) is 0 Å². The highest BCUT2D eigenvalue weighted by Gasteiger charge is 2.35. The molecule has 0 saturated heterocycles. The molecule has 4 rings (SSSR count). The van der Waals surface area contributed by atoms with Gasteiger partial charge in [0.25, 0.3) is 0 Å². The fraction of sp³-hybridized carbons (Fsp3) is 0.477. The average Bonchev–Trinajstić information content (AvgIpc) is 3.58. The molecule has 1 heterocycles. The van der Waals surface area contributed by atoms with Crippen LogP contribution in [0.15, 0.2) is 72.8 Å². The maximum absolute atomic E-state index is 15.1. The zero-order valence-corrected chi connectivity index (χ0v) is 37.2. The Bertz CT molecular complexity index is 2010. The molecular formula is C44H61N7O8S. The maximum atomic E-state index is 15.1. The van der Waals surface area contributed by atoms with Crippen molar-refractivity contribution in [2.45, 2.75) is 111 Å². The van der Waals surface area contributed by atoms with E-state index in [2.05, 4.69) is 21.4 Å². The zero-order chi connectivity index (χ0) is 44.0. The number of amides is 5. The first-order valence-electron chi connectivity index (χ1n) is 20.1. The van der Waals surface area contributed by atoms with Crippen molar-refractivity contribution in [3.8, 4) is 5.75 Å². The molecule has 5 amide bonds. The minimum atomic E-state index is -1.06. The molecule has 0 aliphatic carbocycles. The Hall–Kier alpha value is -5.29. The van der Waals surface area contributed by atoms with E-state index in [-0.39, 0.29) is 19.5 Å². The predicted molar refractivity (Wildman–Crippen MR) is 233 cm³/mol. The summed E-state index contributed by atoms with van der Waals surface area (Å²) in [5.41, 5.74) is 4.55. The van der Waals surface area contributed by atoms with E-state index < -0.39 is 53.5 Å².